The summed E-state index contributed by atoms with van der Waals surface area (Å²) in [6.07, 6.45) is -0.749. The lowest BCUT2D eigenvalue weighted by atomic mass is 9.82. The first-order chi connectivity index (χ1) is 7.87. The summed E-state index contributed by atoms with van der Waals surface area (Å²) >= 11 is 0. The standard InChI is InChI=1S/C10H19O7P/c1-10(2,3)8(18(15,16)17)6(9(13)14)4-5-7(11)12/h6,8H,4-5H2,1-3H3,(H,11,12)(H,13,14)(H2,15,16,17). The number of carbonyl (C=O) groups is 2. The third-order valence-electron chi connectivity index (χ3n) is 2.62. The molecule has 0 fully saturated rings. The minimum atomic E-state index is -4.64. The fourth-order valence-corrected chi connectivity index (χ4v) is 3.79. The SMILES string of the molecule is CC(C)(C)C(C(CCC(=O)O)C(=O)O)P(=O)(O)O. The average Bonchev–Trinajstić information content (AvgIpc) is 2.06. The Morgan fingerprint density at radius 3 is 1.83 bits per heavy atom. The van der Waals surface area contributed by atoms with Crippen LogP contribution in [-0.2, 0) is 14.2 Å². The summed E-state index contributed by atoms with van der Waals surface area (Å²) in [6.45, 7) is 4.56. The highest BCUT2D eigenvalue weighted by Gasteiger charge is 2.47. The smallest absolute Gasteiger partial charge is 0.330 e. The molecule has 0 heterocycles. The summed E-state index contributed by atoms with van der Waals surface area (Å²) in [5.41, 5.74) is -2.36. The number of aliphatic carboxylic acids is 2. The number of hydrogen-bond acceptors (Lipinski definition) is 3. The molecule has 0 bridgehead atoms. The maximum Gasteiger partial charge on any atom is 0.330 e. The van der Waals surface area contributed by atoms with Crippen molar-refractivity contribution in [2.75, 3.05) is 0 Å². The molecule has 0 aliphatic heterocycles. The van der Waals surface area contributed by atoms with Crippen LogP contribution in [0, 0.1) is 11.3 Å². The minimum Gasteiger partial charge on any atom is -0.481 e. The van der Waals surface area contributed by atoms with E-state index in [0.717, 1.165) is 0 Å². The van der Waals surface area contributed by atoms with Crippen molar-refractivity contribution in [2.45, 2.75) is 39.3 Å². The molecule has 0 aromatic carbocycles. The number of rotatable bonds is 6. The Morgan fingerprint density at radius 2 is 1.61 bits per heavy atom. The van der Waals surface area contributed by atoms with E-state index in [4.69, 9.17) is 10.2 Å². The molecule has 18 heavy (non-hydrogen) atoms. The molecule has 0 saturated carbocycles. The van der Waals surface area contributed by atoms with Crippen LogP contribution in [0.4, 0.5) is 0 Å². The maximum absolute atomic E-state index is 11.5. The fourth-order valence-electron chi connectivity index (χ4n) is 2.04. The zero-order valence-corrected chi connectivity index (χ0v) is 11.4. The van der Waals surface area contributed by atoms with E-state index in [0.29, 0.717) is 0 Å². The normalized spacial score (nSPS) is 16.1. The van der Waals surface area contributed by atoms with E-state index in [1.165, 1.54) is 20.8 Å². The largest absolute Gasteiger partial charge is 0.481 e. The zero-order valence-electron chi connectivity index (χ0n) is 10.5. The van der Waals surface area contributed by atoms with Crippen LogP contribution in [-0.4, -0.2) is 37.6 Å². The van der Waals surface area contributed by atoms with E-state index in [2.05, 4.69) is 0 Å². The van der Waals surface area contributed by atoms with Crippen LogP contribution in [0.2, 0.25) is 0 Å². The number of carboxylic acid groups (broad SMARTS) is 2. The van der Waals surface area contributed by atoms with Crippen LogP contribution in [0.3, 0.4) is 0 Å². The van der Waals surface area contributed by atoms with Crippen molar-refractivity contribution in [3.63, 3.8) is 0 Å². The van der Waals surface area contributed by atoms with Gasteiger partial charge in [-0.05, 0) is 11.8 Å². The summed E-state index contributed by atoms with van der Waals surface area (Å²) in [5, 5.41) is 17.6. The fraction of sp³-hybridized carbons (Fsp3) is 0.800. The number of carboxylic acids is 2. The molecule has 0 aromatic heterocycles. The monoisotopic (exact) mass is 282 g/mol. The van der Waals surface area contributed by atoms with Crippen molar-refractivity contribution < 1.29 is 34.2 Å². The Hall–Kier alpha value is -0.910. The van der Waals surface area contributed by atoms with Crippen LogP contribution >= 0.6 is 7.60 Å². The van der Waals surface area contributed by atoms with E-state index in [1.54, 1.807) is 0 Å². The molecule has 0 aliphatic rings. The van der Waals surface area contributed by atoms with Crippen molar-refractivity contribution in [2.24, 2.45) is 11.3 Å². The second-order valence-corrected chi connectivity index (χ2v) is 7.01. The van der Waals surface area contributed by atoms with Gasteiger partial charge in [-0.3, -0.25) is 14.2 Å². The van der Waals surface area contributed by atoms with Gasteiger partial charge in [0.25, 0.3) is 0 Å². The van der Waals surface area contributed by atoms with E-state index in [-0.39, 0.29) is 6.42 Å². The predicted octanol–water partition coefficient (Wildman–Crippen LogP) is 1.14. The van der Waals surface area contributed by atoms with Gasteiger partial charge in [-0.1, -0.05) is 20.8 Å². The van der Waals surface area contributed by atoms with Gasteiger partial charge in [0.1, 0.15) is 0 Å². The summed E-state index contributed by atoms with van der Waals surface area (Å²) in [5.74, 6) is -3.97. The highest BCUT2D eigenvalue weighted by atomic mass is 31.2. The van der Waals surface area contributed by atoms with Gasteiger partial charge in [0.15, 0.2) is 0 Å². The van der Waals surface area contributed by atoms with Gasteiger partial charge in [0.2, 0.25) is 0 Å². The number of hydrogen-bond donors (Lipinski definition) is 4. The molecule has 0 spiro atoms. The van der Waals surface area contributed by atoms with Crippen LogP contribution in [0.5, 0.6) is 0 Å². The van der Waals surface area contributed by atoms with Crippen molar-refractivity contribution >= 4 is 19.5 Å². The van der Waals surface area contributed by atoms with Crippen LogP contribution in [0.25, 0.3) is 0 Å². The molecule has 106 valence electrons. The molecule has 0 rings (SSSR count). The lowest BCUT2D eigenvalue weighted by Crippen LogP contribution is -2.38. The van der Waals surface area contributed by atoms with Gasteiger partial charge >= 0.3 is 19.5 Å². The van der Waals surface area contributed by atoms with Crippen LogP contribution < -0.4 is 0 Å². The van der Waals surface area contributed by atoms with E-state index in [1.807, 2.05) is 0 Å². The van der Waals surface area contributed by atoms with Gasteiger partial charge in [-0.2, -0.15) is 0 Å². The summed E-state index contributed by atoms with van der Waals surface area (Å²) in [6, 6.07) is 0. The molecule has 4 N–H and O–H groups in total. The lowest BCUT2D eigenvalue weighted by Gasteiger charge is -2.35. The Bertz CT molecular complexity index is 365. The van der Waals surface area contributed by atoms with E-state index in [9.17, 15) is 23.9 Å². The molecule has 7 nitrogen and oxygen atoms in total. The quantitative estimate of drug-likeness (QED) is 0.537. The van der Waals surface area contributed by atoms with Crippen molar-refractivity contribution in [3.05, 3.63) is 0 Å². The average molecular weight is 282 g/mol. The zero-order chi connectivity index (χ0) is 14.7. The molecule has 8 heteroatoms. The first-order valence-corrected chi connectivity index (χ1v) is 7.05. The van der Waals surface area contributed by atoms with Gasteiger partial charge in [-0.15, -0.1) is 0 Å². The van der Waals surface area contributed by atoms with Gasteiger partial charge in [-0.25, -0.2) is 0 Å². The molecule has 2 unspecified atom stereocenters. The van der Waals surface area contributed by atoms with E-state index < -0.39 is 42.9 Å². The summed E-state index contributed by atoms with van der Waals surface area (Å²) < 4.78 is 11.5. The van der Waals surface area contributed by atoms with E-state index >= 15 is 0 Å². The highest BCUT2D eigenvalue weighted by Crippen LogP contribution is 2.54. The molecule has 0 saturated heterocycles. The van der Waals surface area contributed by atoms with Crippen molar-refractivity contribution in [3.8, 4) is 0 Å². The molecular formula is C10H19O7P. The summed E-state index contributed by atoms with van der Waals surface area (Å²) in [7, 11) is -4.64. The third kappa shape index (κ3) is 5.16. The van der Waals surface area contributed by atoms with Gasteiger partial charge in [0, 0.05) is 6.42 Å². The molecule has 0 aliphatic carbocycles. The minimum absolute atomic E-state index is 0.308. The van der Waals surface area contributed by atoms with Crippen molar-refractivity contribution in [1.29, 1.82) is 0 Å². The Balaban J connectivity index is 5.32. The molecule has 0 aromatic rings. The van der Waals surface area contributed by atoms with Gasteiger partial charge < -0.3 is 20.0 Å². The topological polar surface area (TPSA) is 132 Å². The second-order valence-electron chi connectivity index (χ2n) is 5.28. The Morgan fingerprint density at radius 1 is 1.17 bits per heavy atom. The lowest BCUT2D eigenvalue weighted by molar-refractivity contribution is -0.144. The third-order valence-corrected chi connectivity index (χ3v) is 4.48. The maximum atomic E-state index is 11.5. The Kier molecular flexibility index (Phi) is 5.53. The first kappa shape index (κ1) is 17.1. The summed E-state index contributed by atoms with van der Waals surface area (Å²) in [4.78, 5) is 40.2. The van der Waals surface area contributed by atoms with Crippen LogP contribution in [0.15, 0.2) is 0 Å². The molecule has 0 amide bonds. The van der Waals surface area contributed by atoms with Crippen LogP contribution in [0.1, 0.15) is 33.6 Å². The Labute approximate surface area is 105 Å². The molecule has 2 atom stereocenters. The molecule has 0 radical (unpaired) electrons. The molecular weight excluding hydrogens is 263 g/mol. The second kappa shape index (κ2) is 5.82. The van der Waals surface area contributed by atoms with Gasteiger partial charge in [0.05, 0.1) is 11.6 Å². The predicted molar refractivity (Wildman–Crippen MR) is 63.3 cm³/mol. The van der Waals surface area contributed by atoms with Crippen molar-refractivity contribution in [1.82, 2.24) is 0 Å². The first-order valence-electron chi connectivity index (χ1n) is 5.37. The highest BCUT2D eigenvalue weighted by molar-refractivity contribution is 7.52.